The molecule has 1 N–H and O–H groups in total. The van der Waals surface area contributed by atoms with Crippen LogP contribution >= 0.6 is 0 Å². The van der Waals surface area contributed by atoms with Gasteiger partial charge in [0.05, 0.1) is 46.1 Å². The maximum atomic E-state index is 14.2. The summed E-state index contributed by atoms with van der Waals surface area (Å²) in [4.78, 5) is 12.4. The Bertz CT molecular complexity index is 1390. The molecular weight excluding hydrogens is 537 g/mol. The second kappa shape index (κ2) is 10.2. The number of benzene rings is 1. The SMILES string of the molecule is Cn1cc(-c2ccc(S(=O)(=O)[C@H]3CC(C(=O)NC4(C#N)CC4)[C@@H](OC4CCOCC4)C3)c(C(F)(F)F)c2)cn1. The van der Waals surface area contributed by atoms with Crippen LogP contribution in [0, 0.1) is 17.2 Å². The molecule has 9 nitrogen and oxygen atoms in total. The lowest BCUT2D eigenvalue weighted by molar-refractivity contribution is -0.140. The first-order valence-electron chi connectivity index (χ1n) is 12.8. The second-order valence-corrected chi connectivity index (χ2v) is 12.7. The third-order valence-electron chi connectivity index (χ3n) is 7.73. The molecule has 1 amide bonds. The zero-order valence-electron chi connectivity index (χ0n) is 21.3. The van der Waals surface area contributed by atoms with Crippen LogP contribution < -0.4 is 5.32 Å². The van der Waals surface area contributed by atoms with Gasteiger partial charge in [-0.15, -0.1) is 0 Å². The van der Waals surface area contributed by atoms with Crippen molar-refractivity contribution in [2.24, 2.45) is 13.0 Å². The Balaban J connectivity index is 1.45. The summed E-state index contributed by atoms with van der Waals surface area (Å²) in [7, 11) is -2.89. The van der Waals surface area contributed by atoms with Crippen molar-refractivity contribution in [1.82, 2.24) is 15.1 Å². The van der Waals surface area contributed by atoms with Crippen molar-refractivity contribution in [3.63, 3.8) is 0 Å². The van der Waals surface area contributed by atoms with Crippen molar-refractivity contribution >= 4 is 15.7 Å². The molecule has 1 aromatic heterocycles. The number of carbonyl (C=O) groups is 1. The van der Waals surface area contributed by atoms with Crippen molar-refractivity contribution in [2.75, 3.05) is 13.2 Å². The van der Waals surface area contributed by atoms with E-state index in [1.807, 2.05) is 0 Å². The van der Waals surface area contributed by atoms with Gasteiger partial charge in [0.15, 0.2) is 9.84 Å². The molecule has 1 unspecified atom stereocenters. The third-order valence-corrected chi connectivity index (χ3v) is 9.96. The average Bonchev–Trinajstić information content (AvgIpc) is 3.31. The maximum absolute atomic E-state index is 14.2. The van der Waals surface area contributed by atoms with Gasteiger partial charge < -0.3 is 14.8 Å². The predicted molar refractivity (Wildman–Crippen MR) is 132 cm³/mol. The van der Waals surface area contributed by atoms with Crippen LogP contribution in [-0.4, -0.2) is 60.3 Å². The first-order chi connectivity index (χ1) is 18.4. The number of aromatic nitrogens is 2. The molecule has 1 saturated heterocycles. The van der Waals surface area contributed by atoms with Crippen molar-refractivity contribution in [2.45, 2.75) is 72.6 Å². The number of nitrogens with zero attached hydrogens (tertiary/aromatic N) is 3. The van der Waals surface area contributed by atoms with Gasteiger partial charge in [-0.05, 0) is 56.2 Å². The number of halogens is 3. The molecule has 2 saturated carbocycles. The predicted octanol–water partition coefficient (Wildman–Crippen LogP) is 3.39. The topological polar surface area (TPSA) is 123 Å². The van der Waals surface area contributed by atoms with Crippen LogP contribution in [0.25, 0.3) is 11.1 Å². The molecule has 3 aliphatic rings. The quantitative estimate of drug-likeness (QED) is 0.545. The van der Waals surface area contributed by atoms with Gasteiger partial charge in [-0.25, -0.2) is 8.42 Å². The number of nitrogens with one attached hydrogen (secondary N) is 1. The molecule has 39 heavy (non-hydrogen) atoms. The highest BCUT2D eigenvalue weighted by molar-refractivity contribution is 7.92. The summed E-state index contributed by atoms with van der Waals surface area (Å²) in [6, 6.07) is 5.21. The summed E-state index contributed by atoms with van der Waals surface area (Å²) >= 11 is 0. The largest absolute Gasteiger partial charge is 0.417 e. The number of sulfone groups is 1. The Hall–Kier alpha value is -2.95. The van der Waals surface area contributed by atoms with Gasteiger partial charge in [0.25, 0.3) is 0 Å². The number of nitriles is 1. The minimum atomic E-state index is -4.93. The highest BCUT2D eigenvalue weighted by Gasteiger charge is 2.51. The zero-order chi connectivity index (χ0) is 28.0. The van der Waals surface area contributed by atoms with Gasteiger partial charge in [0.1, 0.15) is 5.54 Å². The molecule has 2 aromatic rings. The highest BCUT2D eigenvalue weighted by atomic mass is 32.2. The van der Waals surface area contributed by atoms with E-state index >= 15 is 0 Å². The summed E-state index contributed by atoms with van der Waals surface area (Å²) in [5.74, 6) is -1.42. The van der Waals surface area contributed by atoms with Crippen LogP contribution in [-0.2, 0) is 37.3 Å². The summed E-state index contributed by atoms with van der Waals surface area (Å²) in [6.45, 7) is 0.928. The van der Waals surface area contributed by atoms with E-state index in [0.717, 1.165) is 12.1 Å². The monoisotopic (exact) mass is 566 g/mol. The van der Waals surface area contributed by atoms with Gasteiger partial charge in [-0.1, -0.05) is 6.07 Å². The van der Waals surface area contributed by atoms with Gasteiger partial charge >= 0.3 is 6.18 Å². The molecule has 210 valence electrons. The first kappa shape index (κ1) is 27.6. The highest BCUT2D eigenvalue weighted by Crippen LogP contribution is 2.43. The Morgan fingerprint density at radius 1 is 1.23 bits per heavy atom. The Morgan fingerprint density at radius 3 is 2.54 bits per heavy atom. The van der Waals surface area contributed by atoms with Crippen LogP contribution in [0.15, 0.2) is 35.5 Å². The summed E-state index contributed by atoms with van der Waals surface area (Å²) < 4.78 is 82.9. The number of aryl methyl sites for hydroxylation is 1. The molecule has 2 aliphatic carbocycles. The number of rotatable bonds is 7. The Morgan fingerprint density at radius 2 is 1.95 bits per heavy atom. The number of alkyl halides is 3. The molecule has 3 atom stereocenters. The summed E-state index contributed by atoms with van der Waals surface area (Å²) in [5, 5.41) is 14.8. The molecule has 0 bridgehead atoms. The molecule has 3 fully saturated rings. The molecule has 2 heterocycles. The van der Waals surface area contributed by atoms with Crippen molar-refractivity contribution < 1.29 is 35.9 Å². The van der Waals surface area contributed by atoms with E-state index in [9.17, 15) is 31.6 Å². The van der Waals surface area contributed by atoms with E-state index in [0.29, 0.717) is 44.5 Å². The third kappa shape index (κ3) is 5.69. The standard InChI is InChI=1S/C26H29F3N4O5S/c1-33-14-17(13-31-33)16-2-3-23(21(10-16)26(27,28)29)39(35,36)19-11-20(24(34)32-25(15-30)6-7-25)22(12-19)38-18-4-8-37-9-5-18/h2-3,10,13-14,18-20,22H,4-9,11-12H2,1H3,(H,32,34)/t19-,20?,22-/m0/s1. The number of hydrogen-bond acceptors (Lipinski definition) is 7. The number of carbonyl (C=O) groups excluding carboxylic acids is 1. The maximum Gasteiger partial charge on any atom is 0.417 e. The van der Waals surface area contributed by atoms with Crippen molar-refractivity contribution in [1.29, 1.82) is 5.26 Å². The number of hydrogen-bond donors (Lipinski definition) is 1. The number of ether oxygens (including phenoxy) is 2. The molecule has 0 radical (unpaired) electrons. The van der Waals surface area contributed by atoms with Crippen LogP contribution in [0.3, 0.4) is 0 Å². The van der Waals surface area contributed by atoms with E-state index in [1.165, 1.54) is 23.1 Å². The van der Waals surface area contributed by atoms with E-state index in [1.54, 1.807) is 7.05 Å². The van der Waals surface area contributed by atoms with E-state index in [4.69, 9.17) is 9.47 Å². The van der Waals surface area contributed by atoms with Gasteiger partial charge in [-0.3, -0.25) is 9.48 Å². The molecule has 5 rings (SSSR count). The van der Waals surface area contributed by atoms with E-state index in [-0.39, 0.29) is 24.5 Å². The van der Waals surface area contributed by atoms with Crippen LogP contribution in [0.5, 0.6) is 0 Å². The second-order valence-electron chi connectivity index (χ2n) is 10.5. The lowest BCUT2D eigenvalue weighted by Gasteiger charge is -2.28. The normalized spacial score (nSPS) is 25.3. The first-order valence-corrected chi connectivity index (χ1v) is 14.4. The van der Waals surface area contributed by atoms with Crippen molar-refractivity contribution in [3.8, 4) is 17.2 Å². The van der Waals surface area contributed by atoms with Crippen molar-refractivity contribution in [3.05, 3.63) is 36.2 Å². The fourth-order valence-corrected chi connectivity index (χ4v) is 7.34. The van der Waals surface area contributed by atoms with Crippen LogP contribution in [0.4, 0.5) is 13.2 Å². The molecule has 0 spiro atoms. The summed E-state index contributed by atoms with van der Waals surface area (Å²) in [5.41, 5.74) is -1.63. The number of amides is 1. The average molecular weight is 567 g/mol. The molecule has 1 aliphatic heterocycles. The molecular formula is C26H29F3N4O5S. The lowest BCUT2D eigenvalue weighted by Crippen LogP contribution is -2.43. The van der Waals surface area contributed by atoms with E-state index in [2.05, 4.69) is 16.5 Å². The van der Waals surface area contributed by atoms with Gasteiger partial charge in [0.2, 0.25) is 5.91 Å². The molecule has 13 heteroatoms. The molecule has 1 aromatic carbocycles. The minimum Gasteiger partial charge on any atom is -0.381 e. The van der Waals surface area contributed by atoms with Gasteiger partial charge in [-0.2, -0.15) is 23.5 Å². The van der Waals surface area contributed by atoms with Crippen LogP contribution in [0.1, 0.15) is 44.1 Å². The minimum absolute atomic E-state index is 0.126. The van der Waals surface area contributed by atoms with Crippen LogP contribution in [0.2, 0.25) is 0 Å². The van der Waals surface area contributed by atoms with Gasteiger partial charge in [0, 0.05) is 32.0 Å². The Labute approximate surface area is 224 Å². The fraction of sp³-hybridized carbons (Fsp3) is 0.577. The summed E-state index contributed by atoms with van der Waals surface area (Å²) in [6.07, 6.45) is -1.27. The fourth-order valence-electron chi connectivity index (χ4n) is 5.34. The zero-order valence-corrected chi connectivity index (χ0v) is 22.1. The Kier molecular flexibility index (Phi) is 7.24. The smallest absolute Gasteiger partial charge is 0.381 e. The lowest BCUT2D eigenvalue weighted by atomic mass is 10.0. The van der Waals surface area contributed by atoms with E-state index < -0.39 is 55.2 Å².